The van der Waals surface area contributed by atoms with Crippen molar-refractivity contribution in [2.24, 2.45) is 0 Å². The van der Waals surface area contributed by atoms with Crippen LogP contribution in [-0.2, 0) is 6.54 Å². The maximum atomic E-state index is 8.75. The largest absolute Gasteiger partial charge is 0.367 e. The zero-order valence-electron chi connectivity index (χ0n) is 7.98. The van der Waals surface area contributed by atoms with Crippen LogP contribution in [0.25, 0.3) is 11.3 Å². The van der Waals surface area contributed by atoms with Crippen LogP contribution < -0.4 is 0 Å². The van der Waals surface area contributed by atoms with E-state index in [1.807, 2.05) is 30.3 Å². The predicted octanol–water partition coefficient (Wildman–Crippen LogP) is 0.256. The quantitative estimate of drug-likeness (QED) is 0.705. The molecule has 2 rings (SSSR count). The molecule has 0 aliphatic carbocycles. The van der Waals surface area contributed by atoms with E-state index >= 15 is 0 Å². The molecule has 0 saturated heterocycles. The zero-order valence-corrected chi connectivity index (χ0v) is 7.98. The molecule has 5 heteroatoms. The minimum absolute atomic E-state index is 0.0276. The van der Waals surface area contributed by atoms with E-state index in [1.165, 1.54) is 4.68 Å². The van der Waals surface area contributed by atoms with Crippen molar-refractivity contribution in [1.82, 2.24) is 15.0 Å². The van der Waals surface area contributed by atoms with Crippen LogP contribution in [0.2, 0.25) is 0 Å². The fourth-order valence-electron chi connectivity index (χ4n) is 1.30. The second kappa shape index (κ2) is 4.20. The molecule has 0 aliphatic rings. The molecule has 0 aliphatic heterocycles. The summed E-state index contributed by atoms with van der Waals surface area (Å²) in [6.07, 6.45) is 0.268. The first-order valence-electron chi connectivity index (χ1n) is 4.57. The highest BCUT2D eigenvalue weighted by Gasteiger charge is 2.05. The molecule has 0 unspecified atom stereocenters. The molecule has 0 spiro atoms. The van der Waals surface area contributed by atoms with Gasteiger partial charge < -0.3 is 10.2 Å². The Kier molecular flexibility index (Phi) is 2.75. The summed E-state index contributed by atoms with van der Waals surface area (Å²) in [5.74, 6) is 0. The van der Waals surface area contributed by atoms with E-state index in [2.05, 4.69) is 10.3 Å². The zero-order chi connectivity index (χ0) is 10.7. The molecule has 0 saturated carbocycles. The lowest BCUT2D eigenvalue weighted by Gasteiger charge is -2.00. The molecular weight excluding hydrogens is 194 g/mol. The van der Waals surface area contributed by atoms with Crippen molar-refractivity contribution in [3.63, 3.8) is 0 Å². The highest BCUT2D eigenvalue weighted by atomic mass is 16.5. The van der Waals surface area contributed by atoms with E-state index in [1.54, 1.807) is 6.20 Å². The lowest BCUT2D eigenvalue weighted by Crippen LogP contribution is -2.14. The van der Waals surface area contributed by atoms with Gasteiger partial charge in [0, 0.05) is 5.56 Å². The Labute approximate surface area is 86.6 Å². The number of nitrogens with zero attached hydrogens (tertiary/aromatic N) is 3. The van der Waals surface area contributed by atoms with E-state index in [0.29, 0.717) is 0 Å². The van der Waals surface area contributed by atoms with Crippen LogP contribution in [-0.4, -0.2) is 31.5 Å². The normalized spacial score (nSPS) is 10.9. The summed E-state index contributed by atoms with van der Waals surface area (Å²) in [6, 6.07) is 9.59. The first kappa shape index (κ1) is 9.82. The summed E-state index contributed by atoms with van der Waals surface area (Å²) in [5, 5.41) is 25.2. The molecule has 15 heavy (non-hydrogen) atoms. The Balaban J connectivity index is 2.21. The third-order valence-corrected chi connectivity index (χ3v) is 1.96. The molecule has 2 aromatic rings. The molecule has 1 heterocycles. The highest BCUT2D eigenvalue weighted by Crippen LogP contribution is 2.14. The average Bonchev–Trinajstić information content (AvgIpc) is 2.67. The average molecular weight is 205 g/mol. The van der Waals surface area contributed by atoms with Crippen LogP contribution in [0.15, 0.2) is 36.5 Å². The van der Waals surface area contributed by atoms with Crippen molar-refractivity contribution in [2.75, 3.05) is 0 Å². The Hall–Kier alpha value is -1.72. The number of aliphatic hydroxyl groups excluding tert-OH is 1. The summed E-state index contributed by atoms with van der Waals surface area (Å²) in [5.41, 5.74) is 1.67. The van der Waals surface area contributed by atoms with Crippen molar-refractivity contribution in [1.29, 1.82) is 0 Å². The lowest BCUT2D eigenvalue weighted by atomic mass is 10.2. The number of aliphatic hydroxyl groups is 2. The highest BCUT2D eigenvalue weighted by molar-refractivity contribution is 5.56. The third kappa shape index (κ3) is 2.39. The van der Waals surface area contributed by atoms with Gasteiger partial charge in [-0.25, -0.2) is 4.68 Å². The Bertz CT molecular complexity index is 425. The Morgan fingerprint density at radius 1 is 1.20 bits per heavy atom. The maximum Gasteiger partial charge on any atom is 0.171 e. The SMILES string of the molecule is OC(O)Cn1cc(-c2ccccc2)nn1. The van der Waals surface area contributed by atoms with Crippen LogP contribution in [0.4, 0.5) is 0 Å². The van der Waals surface area contributed by atoms with Crippen molar-refractivity contribution in [3.8, 4) is 11.3 Å². The van der Waals surface area contributed by atoms with Gasteiger partial charge in [0.05, 0.1) is 12.7 Å². The Morgan fingerprint density at radius 2 is 1.93 bits per heavy atom. The third-order valence-electron chi connectivity index (χ3n) is 1.96. The lowest BCUT2D eigenvalue weighted by molar-refractivity contribution is -0.0537. The molecule has 5 nitrogen and oxygen atoms in total. The fraction of sp³-hybridized carbons (Fsp3) is 0.200. The monoisotopic (exact) mass is 205 g/mol. The fourth-order valence-corrected chi connectivity index (χ4v) is 1.30. The van der Waals surface area contributed by atoms with Crippen LogP contribution in [0, 0.1) is 0 Å². The first-order chi connectivity index (χ1) is 7.25. The predicted molar refractivity (Wildman–Crippen MR) is 53.7 cm³/mol. The summed E-state index contributed by atoms with van der Waals surface area (Å²) in [7, 11) is 0. The molecule has 0 bridgehead atoms. The summed E-state index contributed by atoms with van der Waals surface area (Å²) >= 11 is 0. The van der Waals surface area contributed by atoms with Gasteiger partial charge in [0.15, 0.2) is 6.29 Å². The smallest absolute Gasteiger partial charge is 0.171 e. The molecule has 0 atom stereocenters. The van der Waals surface area contributed by atoms with Crippen molar-refractivity contribution < 1.29 is 10.2 Å². The molecule has 0 radical (unpaired) electrons. The number of hydrogen-bond acceptors (Lipinski definition) is 4. The standard InChI is InChI=1S/C10H11N3O2/c14-10(15)7-13-6-9(11-12-13)8-4-2-1-3-5-8/h1-6,10,14-15H,7H2. The van der Waals surface area contributed by atoms with Gasteiger partial charge in [0.1, 0.15) is 5.69 Å². The summed E-state index contributed by atoms with van der Waals surface area (Å²) in [4.78, 5) is 0. The molecular formula is C10H11N3O2. The van der Waals surface area contributed by atoms with Crippen molar-refractivity contribution >= 4 is 0 Å². The van der Waals surface area contributed by atoms with Crippen LogP contribution >= 0.6 is 0 Å². The van der Waals surface area contributed by atoms with E-state index in [0.717, 1.165) is 11.3 Å². The second-order valence-electron chi connectivity index (χ2n) is 3.17. The van der Waals surface area contributed by atoms with Gasteiger partial charge >= 0.3 is 0 Å². The minimum atomic E-state index is -1.41. The van der Waals surface area contributed by atoms with Gasteiger partial charge in [0.25, 0.3) is 0 Å². The number of hydrogen-bond donors (Lipinski definition) is 2. The van der Waals surface area contributed by atoms with E-state index < -0.39 is 6.29 Å². The van der Waals surface area contributed by atoms with Gasteiger partial charge in [-0.2, -0.15) is 0 Å². The van der Waals surface area contributed by atoms with Gasteiger partial charge in [-0.15, -0.1) is 5.10 Å². The maximum absolute atomic E-state index is 8.75. The topological polar surface area (TPSA) is 71.2 Å². The molecule has 1 aromatic carbocycles. The van der Waals surface area contributed by atoms with E-state index in [-0.39, 0.29) is 6.54 Å². The first-order valence-corrected chi connectivity index (χ1v) is 4.57. The van der Waals surface area contributed by atoms with Crippen molar-refractivity contribution in [3.05, 3.63) is 36.5 Å². The number of aromatic nitrogens is 3. The number of benzene rings is 1. The van der Waals surface area contributed by atoms with Crippen LogP contribution in [0.5, 0.6) is 0 Å². The second-order valence-corrected chi connectivity index (χ2v) is 3.17. The van der Waals surface area contributed by atoms with Crippen LogP contribution in [0.1, 0.15) is 0 Å². The van der Waals surface area contributed by atoms with Crippen molar-refractivity contribution in [2.45, 2.75) is 12.8 Å². The molecule has 0 amide bonds. The van der Waals surface area contributed by atoms with Gasteiger partial charge in [-0.05, 0) is 0 Å². The molecule has 2 N–H and O–H groups in total. The Morgan fingerprint density at radius 3 is 2.60 bits per heavy atom. The van der Waals surface area contributed by atoms with Crippen LogP contribution in [0.3, 0.4) is 0 Å². The summed E-state index contributed by atoms with van der Waals surface area (Å²) in [6.45, 7) is 0.0276. The number of rotatable bonds is 3. The minimum Gasteiger partial charge on any atom is -0.367 e. The molecule has 78 valence electrons. The van der Waals surface area contributed by atoms with Gasteiger partial charge in [0.2, 0.25) is 0 Å². The van der Waals surface area contributed by atoms with Gasteiger partial charge in [-0.1, -0.05) is 35.5 Å². The van der Waals surface area contributed by atoms with E-state index in [9.17, 15) is 0 Å². The molecule has 1 aromatic heterocycles. The van der Waals surface area contributed by atoms with E-state index in [4.69, 9.17) is 10.2 Å². The molecule has 0 fully saturated rings. The summed E-state index contributed by atoms with van der Waals surface area (Å²) < 4.78 is 1.40. The van der Waals surface area contributed by atoms with Gasteiger partial charge in [-0.3, -0.25) is 0 Å².